The third kappa shape index (κ3) is 2.95. The number of carbonyl (C=O) groups excluding carboxylic acids is 1. The molecule has 0 saturated heterocycles. The Balaban J connectivity index is 2.91. The van der Waals surface area contributed by atoms with Gasteiger partial charge in [0.2, 0.25) is 0 Å². The van der Waals surface area contributed by atoms with Crippen LogP contribution >= 0.6 is 0 Å². The maximum absolute atomic E-state index is 10.6. The molecule has 1 aromatic carbocycles. The van der Waals surface area contributed by atoms with Gasteiger partial charge in [-0.2, -0.15) is 0 Å². The number of carbonyl (C=O) groups is 1. The fourth-order valence-corrected chi connectivity index (χ4v) is 1.04. The molecule has 0 heterocycles. The van der Waals surface area contributed by atoms with Gasteiger partial charge < -0.3 is 9.57 Å². The molecule has 0 saturated carbocycles. The van der Waals surface area contributed by atoms with Crippen LogP contribution in [0.3, 0.4) is 0 Å². The standard InChI is InChI=1S/C11H15NO4/c1-8(2)12(14)16-10-5-4-9(7-13)6-11(10)15-3/h4-8,14H,1-3H3. The average molecular weight is 225 g/mol. The molecule has 0 amide bonds. The van der Waals surface area contributed by atoms with Gasteiger partial charge in [-0.3, -0.25) is 10.0 Å². The van der Waals surface area contributed by atoms with Crippen LogP contribution in [0.1, 0.15) is 24.2 Å². The normalized spacial score (nSPS) is 10.6. The molecule has 0 aromatic heterocycles. The van der Waals surface area contributed by atoms with Gasteiger partial charge in [0.1, 0.15) is 6.29 Å². The van der Waals surface area contributed by atoms with Crippen LogP contribution in [0.25, 0.3) is 0 Å². The Labute approximate surface area is 94.1 Å². The summed E-state index contributed by atoms with van der Waals surface area (Å²) in [5.74, 6) is 0.744. The predicted octanol–water partition coefficient (Wildman–Crippen LogP) is 1.90. The van der Waals surface area contributed by atoms with Crippen molar-refractivity contribution in [1.82, 2.24) is 5.23 Å². The summed E-state index contributed by atoms with van der Waals surface area (Å²) < 4.78 is 5.05. The van der Waals surface area contributed by atoms with Gasteiger partial charge in [0.05, 0.1) is 13.2 Å². The lowest BCUT2D eigenvalue weighted by atomic mass is 10.2. The van der Waals surface area contributed by atoms with E-state index in [1.807, 2.05) is 0 Å². The molecule has 0 aliphatic heterocycles. The van der Waals surface area contributed by atoms with Gasteiger partial charge >= 0.3 is 0 Å². The summed E-state index contributed by atoms with van der Waals surface area (Å²) in [6.07, 6.45) is 0.714. The second kappa shape index (κ2) is 5.48. The molecular formula is C11H15NO4. The number of hydroxylamine groups is 2. The molecule has 0 bridgehead atoms. The van der Waals surface area contributed by atoms with E-state index >= 15 is 0 Å². The molecule has 0 radical (unpaired) electrons. The summed E-state index contributed by atoms with van der Waals surface area (Å²) >= 11 is 0. The second-order valence-corrected chi connectivity index (χ2v) is 3.52. The summed E-state index contributed by atoms with van der Waals surface area (Å²) in [5, 5.41) is 10.1. The van der Waals surface area contributed by atoms with Gasteiger partial charge in [-0.15, -0.1) is 0 Å². The van der Waals surface area contributed by atoms with Gasteiger partial charge in [0.15, 0.2) is 11.5 Å². The van der Waals surface area contributed by atoms with Gasteiger partial charge in [0.25, 0.3) is 0 Å². The Kier molecular flexibility index (Phi) is 4.28. The molecule has 0 aliphatic carbocycles. The van der Waals surface area contributed by atoms with Crippen LogP contribution in [0, 0.1) is 0 Å². The molecule has 1 rings (SSSR count). The second-order valence-electron chi connectivity index (χ2n) is 3.52. The van der Waals surface area contributed by atoms with Crippen molar-refractivity contribution in [3.8, 4) is 11.5 Å². The zero-order chi connectivity index (χ0) is 12.1. The Morgan fingerprint density at radius 3 is 2.56 bits per heavy atom. The molecule has 16 heavy (non-hydrogen) atoms. The molecule has 0 atom stereocenters. The lowest BCUT2D eigenvalue weighted by Crippen LogP contribution is -2.30. The van der Waals surface area contributed by atoms with Crippen LogP contribution in [-0.4, -0.2) is 29.9 Å². The minimum absolute atomic E-state index is 0.185. The zero-order valence-electron chi connectivity index (χ0n) is 9.51. The molecule has 1 aromatic rings. The predicted molar refractivity (Wildman–Crippen MR) is 57.8 cm³/mol. The molecule has 5 heteroatoms. The largest absolute Gasteiger partial charge is 0.493 e. The van der Waals surface area contributed by atoms with Crippen molar-refractivity contribution >= 4 is 6.29 Å². The van der Waals surface area contributed by atoms with Crippen LogP contribution in [0.5, 0.6) is 11.5 Å². The first kappa shape index (κ1) is 12.5. The van der Waals surface area contributed by atoms with E-state index in [0.29, 0.717) is 23.3 Å². The third-order valence-electron chi connectivity index (χ3n) is 1.96. The number of aldehydes is 1. The highest BCUT2D eigenvalue weighted by Crippen LogP contribution is 2.28. The third-order valence-corrected chi connectivity index (χ3v) is 1.96. The number of hydrogen-bond acceptors (Lipinski definition) is 5. The Morgan fingerprint density at radius 2 is 2.06 bits per heavy atom. The van der Waals surface area contributed by atoms with Crippen LogP contribution in [-0.2, 0) is 0 Å². The monoisotopic (exact) mass is 225 g/mol. The van der Waals surface area contributed by atoms with Crippen molar-refractivity contribution in [1.29, 1.82) is 0 Å². The van der Waals surface area contributed by atoms with Crippen molar-refractivity contribution in [2.75, 3.05) is 7.11 Å². The van der Waals surface area contributed by atoms with Crippen molar-refractivity contribution < 1.29 is 19.6 Å². The van der Waals surface area contributed by atoms with E-state index in [2.05, 4.69) is 0 Å². The SMILES string of the molecule is COc1cc(C=O)ccc1ON(O)C(C)C. The van der Waals surface area contributed by atoms with E-state index in [4.69, 9.17) is 9.57 Å². The first-order valence-corrected chi connectivity index (χ1v) is 4.87. The molecule has 0 aliphatic rings. The van der Waals surface area contributed by atoms with Crippen LogP contribution in [0.2, 0.25) is 0 Å². The fraction of sp³-hybridized carbons (Fsp3) is 0.364. The number of benzene rings is 1. The maximum atomic E-state index is 10.6. The lowest BCUT2D eigenvalue weighted by Gasteiger charge is -2.20. The highest BCUT2D eigenvalue weighted by Gasteiger charge is 2.12. The molecule has 88 valence electrons. The van der Waals surface area contributed by atoms with Crippen LogP contribution in [0.4, 0.5) is 0 Å². The molecule has 0 spiro atoms. The Morgan fingerprint density at radius 1 is 1.38 bits per heavy atom. The maximum Gasteiger partial charge on any atom is 0.192 e. The molecule has 0 fully saturated rings. The summed E-state index contributed by atoms with van der Waals surface area (Å²) in [6.45, 7) is 3.54. The smallest absolute Gasteiger partial charge is 0.192 e. The van der Waals surface area contributed by atoms with Crippen molar-refractivity contribution in [3.63, 3.8) is 0 Å². The summed E-state index contributed by atoms with van der Waals surface area (Å²) in [6, 6.07) is 4.50. The van der Waals surface area contributed by atoms with Gasteiger partial charge in [-0.05, 0) is 37.3 Å². The van der Waals surface area contributed by atoms with E-state index in [1.165, 1.54) is 13.2 Å². The lowest BCUT2D eigenvalue weighted by molar-refractivity contribution is -0.301. The summed E-state index contributed by atoms with van der Waals surface area (Å²) in [5.41, 5.74) is 0.484. The van der Waals surface area contributed by atoms with Gasteiger partial charge in [-0.25, -0.2) is 0 Å². The van der Waals surface area contributed by atoms with E-state index in [9.17, 15) is 10.0 Å². The van der Waals surface area contributed by atoms with E-state index < -0.39 is 0 Å². The van der Waals surface area contributed by atoms with Crippen molar-refractivity contribution in [2.45, 2.75) is 19.9 Å². The minimum Gasteiger partial charge on any atom is -0.493 e. The summed E-state index contributed by atoms with van der Waals surface area (Å²) in [4.78, 5) is 15.7. The van der Waals surface area contributed by atoms with Gasteiger partial charge in [0, 0.05) is 5.56 Å². The Hall–Kier alpha value is -1.59. The highest BCUT2D eigenvalue weighted by atomic mass is 16.9. The number of methoxy groups -OCH3 is 1. The number of hydrogen-bond donors (Lipinski definition) is 1. The van der Waals surface area contributed by atoms with E-state index in [-0.39, 0.29) is 6.04 Å². The van der Waals surface area contributed by atoms with Gasteiger partial charge in [-0.1, -0.05) is 0 Å². The Bertz CT molecular complexity index is 365. The average Bonchev–Trinajstić information content (AvgIpc) is 2.29. The summed E-state index contributed by atoms with van der Waals surface area (Å²) in [7, 11) is 1.47. The topological polar surface area (TPSA) is 59.0 Å². The molecular weight excluding hydrogens is 210 g/mol. The number of nitrogens with zero attached hydrogens (tertiary/aromatic N) is 1. The van der Waals surface area contributed by atoms with Crippen molar-refractivity contribution in [2.24, 2.45) is 0 Å². The molecule has 0 unspecified atom stereocenters. The van der Waals surface area contributed by atoms with E-state index in [0.717, 1.165) is 5.23 Å². The van der Waals surface area contributed by atoms with Crippen molar-refractivity contribution in [3.05, 3.63) is 23.8 Å². The first-order chi connectivity index (χ1) is 7.58. The number of rotatable bonds is 5. The molecule has 5 nitrogen and oxygen atoms in total. The minimum atomic E-state index is -0.185. The van der Waals surface area contributed by atoms with Crippen LogP contribution < -0.4 is 9.57 Å². The fourth-order valence-electron chi connectivity index (χ4n) is 1.04. The number of ether oxygens (including phenoxy) is 1. The quantitative estimate of drug-likeness (QED) is 0.612. The van der Waals surface area contributed by atoms with Crippen LogP contribution in [0.15, 0.2) is 18.2 Å². The zero-order valence-corrected chi connectivity index (χ0v) is 9.51. The first-order valence-electron chi connectivity index (χ1n) is 4.87. The highest BCUT2D eigenvalue weighted by molar-refractivity contribution is 5.76. The molecule has 1 N–H and O–H groups in total. The van der Waals surface area contributed by atoms with E-state index in [1.54, 1.807) is 26.0 Å².